The molecule has 8 heteroatoms. The summed E-state index contributed by atoms with van der Waals surface area (Å²) in [4.78, 5) is 36.7. The molecule has 0 spiro atoms. The maximum atomic E-state index is 12.1. The molecule has 3 amide bonds. The van der Waals surface area contributed by atoms with E-state index in [0.717, 1.165) is 0 Å². The predicted octanol–water partition coefficient (Wildman–Crippen LogP) is 1.02. The van der Waals surface area contributed by atoms with Crippen LogP contribution in [-0.2, 0) is 14.4 Å². The molecule has 7 nitrogen and oxygen atoms in total. The first-order valence-corrected chi connectivity index (χ1v) is 7.46. The average molecular weight is 340 g/mol. The van der Waals surface area contributed by atoms with Gasteiger partial charge in [-0.2, -0.15) is 0 Å². The number of halogens is 1. The number of ether oxygens (including phenoxy) is 1. The summed E-state index contributed by atoms with van der Waals surface area (Å²) >= 11 is 5.90. The summed E-state index contributed by atoms with van der Waals surface area (Å²) < 4.78 is 5.15. The minimum atomic E-state index is -0.555. The van der Waals surface area contributed by atoms with E-state index < -0.39 is 6.04 Å². The minimum absolute atomic E-state index is 0.138. The van der Waals surface area contributed by atoms with Crippen LogP contribution in [0.25, 0.3) is 0 Å². The Kier molecular flexibility index (Phi) is 5.44. The van der Waals surface area contributed by atoms with E-state index in [1.54, 1.807) is 18.2 Å². The second-order valence-electron chi connectivity index (χ2n) is 5.25. The number of likely N-dealkylation sites (N-methyl/N-ethyl adjacent to an activating group) is 1. The lowest BCUT2D eigenvalue weighted by Gasteiger charge is -2.20. The number of carbonyl (C=O) groups excluding carboxylic acids is 3. The van der Waals surface area contributed by atoms with Crippen LogP contribution >= 0.6 is 11.6 Å². The van der Waals surface area contributed by atoms with Crippen LogP contribution < -0.4 is 15.4 Å². The molecule has 0 saturated carbocycles. The molecule has 0 aliphatic carbocycles. The Labute approximate surface area is 138 Å². The van der Waals surface area contributed by atoms with Crippen LogP contribution in [0.4, 0.5) is 5.69 Å². The Morgan fingerprint density at radius 2 is 2.22 bits per heavy atom. The van der Waals surface area contributed by atoms with E-state index in [0.29, 0.717) is 29.3 Å². The van der Waals surface area contributed by atoms with Gasteiger partial charge in [-0.3, -0.25) is 14.4 Å². The van der Waals surface area contributed by atoms with Crippen molar-refractivity contribution in [2.75, 3.05) is 26.0 Å². The highest BCUT2D eigenvalue weighted by atomic mass is 35.5. The van der Waals surface area contributed by atoms with Gasteiger partial charge >= 0.3 is 0 Å². The molecule has 1 aliphatic heterocycles. The van der Waals surface area contributed by atoms with Crippen LogP contribution in [0.1, 0.15) is 12.8 Å². The van der Waals surface area contributed by atoms with Crippen molar-refractivity contribution in [2.24, 2.45) is 0 Å². The summed E-state index contributed by atoms with van der Waals surface area (Å²) in [5, 5.41) is 5.70. The Hall–Kier alpha value is -2.28. The van der Waals surface area contributed by atoms with Crippen LogP contribution in [0.3, 0.4) is 0 Å². The van der Waals surface area contributed by atoms with Crippen molar-refractivity contribution in [3.63, 3.8) is 0 Å². The first-order valence-electron chi connectivity index (χ1n) is 7.08. The molecule has 124 valence electrons. The highest BCUT2D eigenvalue weighted by Gasteiger charge is 2.30. The molecular formula is C15H18ClN3O4. The highest BCUT2D eigenvalue weighted by Crippen LogP contribution is 2.27. The summed E-state index contributed by atoms with van der Waals surface area (Å²) in [5.41, 5.74) is 0.431. The Bertz CT molecular complexity index is 635. The van der Waals surface area contributed by atoms with Crippen molar-refractivity contribution >= 4 is 35.0 Å². The van der Waals surface area contributed by atoms with E-state index >= 15 is 0 Å². The van der Waals surface area contributed by atoms with E-state index in [2.05, 4.69) is 10.6 Å². The van der Waals surface area contributed by atoms with Crippen LogP contribution in [0.2, 0.25) is 5.02 Å². The first-order chi connectivity index (χ1) is 10.9. The van der Waals surface area contributed by atoms with Gasteiger partial charge in [-0.05, 0) is 24.6 Å². The van der Waals surface area contributed by atoms with E-state index in [4.69, 9.17) is 16.3 Å². The fraction of sp³-hybridized carbons (Fsp3) is 0.400. The van der Waals surface area contributed by atoms with Crippen molar-refractivity contribution in [3.8, 4) is 5.75 Å². The number of methoxy groups -OCH3 is 1. The smallest absolute Gasteiger partial charge is 0.245 e. The van der Waals surface area contributed by atoms with Crippen molar-refractivity contribution in [1.29, 1.82) is 0 Å². The molecule has 2 rings (SSSR count). The molecule has 1 atom stereocenters. The monoisotopic (exact) mass is 339 g/mol. The van der Waals surface area contributed by atoms with Gasteiger partial charge in [-0.15, -0.1) is 0 Å². The van der Waals surface area contributed by atoms with Gasteiger partial charge in [0.2, 0.25) is 17.7 Å². The summed E-state index contributed by atoms with van der Waals surface area (Å²) in [6.07, 6.45) is 0.780. The molecule has 1 aliphatic rings. The SMILES string of the molecule is COc1ccc(Cl)cc1NC(=O)CN(C)C(=O)[C@H]1CCC(=O)N1. The number of rotatable bonds is 5. The quantitative estimate of drug-likeness (QED) is 0.838. The van der Waals surface area contributed by atoms with Gasteiger partial charge in [0.15, 0.2) is 0 Å². The van der Waals surface area contributed by atoms with E-state index in [-0.39, 0.29) is 24.3 Å². The molecular weight excluding hydrogens is 322 g/mol. The van der Waals surface area contributed by atoms with Crippen LogP contribution in [0, 0.1) is 0 Å². The van der Waals surface area contributed by atoms with Crippen LogP contribution in [-0.4, -0.2) is 49.4 Å². The van der Waals surface area contributed by atoms with Crippen molar-refractivity contribution in [2.45, 2.75) is 18.9 Å². The highest BCUT2D eigenvalue weighted by molar-refractivity contribution is 6.31. The number of amides is 3. The van der Waals surface area contributed by atoms with E-state index in [1.807, 2.05) is 0 Å². The zero-order valence-electron chi connectivity index (χ0n) is 12.9. The molecule has 0 bridgehead atoms. The lowest BCUT2D eigenvalue weighted by atomic mass is 10.2. The average Bonchev–Trinajstić information content (AvgIpc) is 2.93. The number of hydrogen-bond acceptors (Lipinski definition) is 4. The third kappa shape index (κ3) is 4.35. The number of anilines is 1. The second kappa shape index (κ2) is 7.32. The van der Waals surface area contributed by atoms with Gasteiger partial charge in [0.05, 0.1) is 19.3 Å². The number of hydrogen-bond donors (Lipinski definition) is 2. The third-order valence-corrected chi connectivity index (χ3v) is 3.72. The summed E-state index contributed by atoms with van der Waals surface area (Å²) in [7, 11) is 3.00. The molecule has 1 saturated heterocycles. The van der Waals surface area contributed by atoms with Crippen molar-refractivity contribution < 1.29 is 19.1 Å². The molecule has 2 N–H and O–H groups in total. The lowest BCUT2D eigenvalue weighted by Crippen LogP contribution is -2.45. The fourth-order valence-corrected chi connectivity index (χ4v) is 2.50. The predicted molar refractivity (Wildman–Crippen MR) is 85.4 cm³/mol. The molecule has 0 aromatic heterocycles. The maximum absolute atomic E-state index is 12.1. The topological polar surface area (TPSA) is 87.7 Å². The lowest BCUT2D eigenvalue weighted by molar-refractivity contribution is -0.135. The number of nitrogens with zero attached hydrogens (tertiary/aromatic N) is 1. The molecule has 23 heavy (non-hydrogen) atoms. The fourth-order valence-electron chi connectivity index (χ4n) is 2.33. The van der Waals surface area contributed by atoms with E-state index in [9.17, 15) is 14.4 Å². The minimum Gasteiger partial charge on any atom is -0.495 e. The first kappa shape index (κ1) is 17.1. The number of carbonyl (C=O) groups is 3. The summed E-state index contributed by atoms with van der Waals surface area (Å²) in [5.74, 6) is -0.348. The second-order valence-corrected chi connectivity index (χ2v) is 5.68. The normalized spacial score (nSPS) is 16.7. The number of nitrogens with one attached hydrogen (secondary N) is 2. The van der Waals surface area contributed by atoms with Gasteiger partial charge in [0, 0.05) is 18.5 Å². The van der Waals surface area contributed by atoms with Gasteiger partial charge in [0.25, 0.3) is 0 Å². The van der Waals surface area contributed by atoms with E-state index in [1.165, 1.54) is 19.1 Å². The van der Waals surface area contributed by atoms with Crippen LogP contribution in [0.15, 0.2) is 18.2 Å². The molecule has 1 aromatic rings. The zero-order chi connectivity index (χ0) is 17.0. The summed E-state index contributed by atoms with van der Waals surface area (Å²) in [6.45, 7) is -0.138. The number of benzene rings is 1. The molecule has 0 radical (unpaired) electrons. The Balaban J connectivity index is 1.95. The van der Waals surface area contributed by atoms with Gasteiger partial charge < -0.3 is 20.3 Å². The van der Waals surface area contributed by atoms with Crippen molar-refractivity contribution in [1.82, 2.24) is 10.2 Å². The standard InChI is InChI=1S/C15H18ClN3O4/c1-19(15(22)10-4-6-13(20)17-10)8-14(21)18-11-7-9(16)3-5-12(11)23-2/h3,5,7,10H,4,6,8H2,1-2H3,(H,17,20)(H,18,21)/t10-/m1/s1. The maximum Gasteiger partial charge on any atom is 0.245 e. The Morgan fingerprint density at radius 1 is 1.48 bits per heavy atom. The molecule has 1 heterocycles. The van der Waals surface area contributed by atoms with Gasteiger partial charge in [-0.25, -0.2) is 0 Å². The van der Waals surface area contributed by atoms with Crippen molar-refractivity contribution in [3.05, 3.63) is 23.2 Å². The molecule has 0 unspecified atom stereocenters. The Morgan fingerprint density at radius 3 is 2.83 bits per heavy atom. The van der Waals surface area contributed by atoms with Gasteiger partial charge in [-0.1, -0.05) is 11.6 Å². The largest absolute Gasteiger partial charge is 0.495 e. The summed E-state index contributed by atoms with van der Waals surface area (Å²) in [6, 6.07) is 4.30. The van der Waals surface area contributed by atoms with Gasteiger partial charge in [0.1, 0.15) is 11.8 Å². The third-order valence-electron chi connectivity index (χ3n) is 3.49. The molecule has 1 fully saturated rings. The zero-order valence-corrected chi connectivity index (χ0v) is 13.6. The van der Waals surface area contributed by atoms with Crippen LogP contribution in [0.5, 0.6) is 5.75 Å². The molecule has 1 aromatic carbocycles.